The van der Waals surface area contributed by atoms with Gasteiger partial charge in [-0.15, -0.1) is 0 Å². The highest BCUT2D eigenvalue weighted by molar-refractivity contribution is 5.90. The third-order valence-electron chi connectivity index (χ3n) is 10.3. The van der Waals surface area contributed by atoms with E-state index in [1.807, 2.05) is 45.9 Å². The summed E-state index contributed by atoms with van der Waals surface area (Å²) in [5, 5.41) is 11.0. The van der Waals surface area contributed by atoms with Crippen LogP contribution in [0.4, 0.5) is 0 Å². The van der Waals surface area contributed by atoms with Crippen LogP contribution in [0.5, 0.6) is 5.75 Å². The van der Waals surface area contributed by atoms with E-state index in [2.05, 4.69) is 36.4 Å². The molecule has 0 unspecified atom stereocenters. The molecular formula is C43H48O8. The lowest BCUT2D eigenvalue weighted by atomic mass is 9.85. The second-order valence-corrected chi connectivity index (χ2v) is 15.0. The summed E-state index contributed by atoms with van der Waals surface area (Å²) in [7, 11) is 0. The lowest BCUT2D eigenvalue weighted by Crippen LogP contribution is -2.52. The number of rotatable bonds is 5. The van der Waals surface area contributed by atoms with Crippen LogP contribution in [-0.2, 0) is 44.9 Å². The summed E-state index contributed by atoms with van der Waals surface area (Å²) in [6.45, 7) is 10.7. The normalized spacial score (nSPS) is 20.7. The van der Waals surface area contributed by atoms with E-state index in [1.165, 1.54) is 5.56 Å². The van der Waals surface area contributed by atoms with Gasteiger partial charge in [-0.05, 0) is 106 Å². The largest absolute Gasteiger partial charge is 0.483 e. The maximum Gasteiger partial charge on any atom is 0.340 e. The molecule has 8 heteroatoms. The molecule has 4 heterocycles. The van der Waals surface area contributed by atoms with Crippen LogP contribution in [0.15, 0.2) is 87.1 Å². The van der Waals surface area contributed by atoms with Gasteiger partial charge in [-0.3, -0.25) is 4.79 Å². The molecule has 3 aromatic carbocycles. The van der Waals surface area contributed by atoms with Crippen molar-refractivity contribution in [2.75, 3.05) is 0 Å². The Labute approximate surface area is 299 Å². The molecule has 1 aromatic heterocycles. The van der Waals surface area contributed by atoms with Gasteiger partial charge in [-0.25, -0.2) is 9.59 Å². The molecular weight excluding hydrogens is 644 g/mol. The summed E-state index contributed by atoms with van der Waals surface area (Å²) >= 11 is 0. The summed E-state index contributed by atoms with van der Waals surface area (Å²) in [4.78, 5) is 41.7. The quantitative estimate of drug-likeness (QED) is 0.127. The fourth-order valence-corrected chi connectivity index (χ4v) is 7.54. The molecule has 0 spiro atoms. The Hall–Kier alpha value is -4.69. The molecule has 3 aliphatic heterocycles. The van der Waals surface area contributed by atoms with Crippen LogP contribution in [-0.4, -0.2) is 28.8 Å². The molecule has 268 valence electrons. The summed E-state index contributed by atoms with van der Waals surface area (Å²) < 4.78 is 25.3. The zero-order valence-electron chi connectivity index (χ0n) is 30.4. The van der Waals surface area contributed by atoms with Crippen LogP contribution in [0.2, 0.25) is 0 Å². The minimum Gasteiger partial charge on any atom is -0.483 e. The third-order valence-corrected chi connectivity index (χ3v) is 10.3. The first-order valence-electron chi connectivity index (χ1n) is 18.0. The van der Waals surface area contributed by atoms with Crippen molar-refractivity contribution in [1.82, 2.24) is 0 Å². The Morgan fingerprint density at radius 2 is 1.59 bits per heavy atom. The third kappa shape index (κ3) is 7.66. The topological polar surface area (TPSA) is 112 Å². The van der Waals surface area contributed by atoms with Crippen molar-refractivity contribution in [2.45, 2.75) is 110 Å². The average Bonchev–Trinajstić information content (AvgIpc) is 3.08. The molecule has 3 atom stereocenters. The van der Waals surface area contributed by atoms with Crippen LogP contribution < -0.4 is 10.4 Å². The van der Waals surface area contributed by atoms with Crippen LogP contribution in [0.1, 0.15) is 106 Å². The number of carbonyl (C=O) groups excluding carboxylic acids is 2. The predicted octanol–water partition coefficient (Wildman–Crippen LogP) is 8.24. The van der Waals surface area contributed by atoms with Crippen molar-refractivity contribution in [3.8, 4) is 5.75 Å². The Morgan fingerprint density at radius 1 is 0.882 bits per heavy atom. The molecule has 51 heavy (non-hydrogen) atoms. The summed E-state index contributed by atoms with van der Waals surface area (Å²) in [6, 6.07) is 22.1. The van der Waals surface area contributed by atoms with Gasteiger partial charge < -0.3 is 23.7 Å². The molecule has 0 saturated heterocycles. The number of aliphatic hydroxyl groups excluding tert-OH is 1. The van der Waals surface area contributed by atoms with Crippen LogP contribution in [0, 0.1) is 5.92 Å². The van der Waals surface area contributed by atoms with E-state index >= 15 is 0 Å². The van der Waals surface area contributed by atoms with Gasteiger partial charge in [0.1, 0.15) is 16.9 Å². The Balaban J connectivity index is 1.48. The Kier molecular flexibility index (Phi) is 10.5. The lowest BCUT2D eigenvalue weighted by Gasteiger charge is -2.43. The van der Waals surface area contributed by atoms with E-state index in [-0.39, 0.29) is 23.8 Å². The van der Waals surface area contributed by atoms with Gasteiger partial charge >= 0.3 is 17.6 Å². The van der Waals surface area contributed by atoms with Crippen LogP contribution in [0.3, 0.4) is 0 Å². The van der Waals surface area contributed by atoms with Crippen LogP contribution in [0.25, 0.3) is 11.0 Å². The van der Waals surface area contributed by atoms with Crippen molar-refractivity contribution in [1.29, 1.82) is 0 Å². The summed E-state index contributed by atoms with van der Waals surface area (Å²) in [6.07, 6.45) is 1.22. The van der Waals surface area contributed by atoms with Gasteiger partial charge in [0.15, 0.2) is 12.2 Å². The van der Waals surface area contributed by atoms with Gasteiger partial charge in [0, 0.05) is 22.9 Å². The monoisotopic (exact) mass is 692 g/mol. The highest BCUT2D eigenvalue weighted by Gasteiger charge is 2.50. The maximum absolute atomic E-state index is 14.2. The SMILES string of the molecule is CC(C)=C1CCc2ccc(cc2)C[C@@H](CCc2ccccc2)CC(=O)O[C@H]2c3c(ccc4c(CO)c(C(C)C)c(=O)oc34)OC(C)(C)[C@H]2OC1=O. The van der Waals surface area contributed by atoms with Crippen LogP contribution >= 0.6 is 0 Å². The Morgan fingerprint density at radius 3 is 2.25 bits per heavy atom. The number of benzene rings is 3. The molecule has 3 aliphatic rings. The molecule has 0 saturated carbocycles. The fraction of sp³-hybridized carbons (Fsp3) is 0.419. The van der Waals surface area contributed by atoms with Gasteiger partial charge in [-0.2, -0.15) is 0 Å². The second-order valence-electron chi connectivity index (χ2n) is 15.0. The van der Waals surface area contributed by atoms with Crippen molar-refractivity contribution in [3.63, 3.8) is 0 Å². The number of carbonyl (C=O) groups is 2. The second kappa shape index (κ2) is 14.9. The molecule has 2 bridgehead atoms. The van der Waals surface area contributed by atoms with Crippen molar-refractivity contribution >= 4 is 22.9 Å². The maximum atomic E-state index is 14.2. The molecule has 0 radical (unpaired) electrons. The number of esters is 2. The molecule has 1 N–H and O–H groups in total. The number of aryl methyl sites for hydroxylation is 2. The lowest BCUT2D eigenvalue weighted by molar-refractivity contribution is -0.188. The van der Waals surface area contributed by atoms with E-state index in [1.54, 1.807) is 26.0 Å². The van der Waals surface area contributed by atoms with Gasteiger partial charge in [0.2, 0.25) is 0 Å². The average molecular weight is 693 g/mol. The van der Waals surface area contributed by atoms with E-state index in [0.29, 0.717) is 52.7 Å². The predicted molar refractivity (Wildman–Crippen MR) is 196 cm³/mol. The minimum atomic E-state index is -1.16. The van der Waals surface area contributed by atoms with E-state index in [4.69, 9.17) is 18.6 Å². The smallest absolute Gasteiger partial charge is 0.340 e. The van der Waals surface area contributed by atoms with E-state index in [9.17, 15) is 19.5 Å². The zero-order valence-corrected chi connectivity index (χ0v) is 30.4. The molecule has 8 nitrogen and oxygen atoms in total. The highest BCUT2D eigenvalue weighted by atomic mass is 16.6. The number of aliphatic hydroxyl groups is 1. The number of allylic oxidation sites excluding steroid dienone is 1. The molecule has 0 fully saturated rings. The minimum absolute atomic E-state index is 0.0397. The van der Waals surface area contributed by atoms with E-state index < -0.39 is 42.0 Å². The Bertz CT molecular complexity index is 2000. The van der Waals surface area contributed by atoms with E-state index in [0.717, 1.165) is 29.5 Å². The summed E-state index contributed by atoms with van der Waals surface area (Å²) in [5.41, 5.74) is 4.31. The highest BCUT2D eigenvalue weighted by Crippen LogP contribution is 2.48. The fourth-order valence-electron chi connectivity index (χ4n) is 7.54. The standard InChI is InChI=1S/C43H48O8/c1-25(2)31-19-18-28-12-15-29(16-13-28)22-30(17-14-27-10-8-7-9-11-27)23-35(45)48-39-37-34(51-43(5,6)40(39)50-41(31)46)21-20-32-33(24-44)36(26(3)4)42(47)49-38(32)37/h7-13,15-16,20-21,26,30,39-40,44H,14,17-19,22-24H2,1-6H3/t30-,39+,40+/m1/s1. The molecule has 0 amide bonds. The van der Waals surface area contributed by atoms with Crippen molar-refractivity contribution < 1.29 is 33.3 Å². The number of hydrogen-bond acceptors (Lipinski definition) is 8. The first-order valence-corrected chi connectivity index (χ1v) is 18.0. The molecule has 4 aromatic rings. The number of hydrogen-bond donors (Lipinski definition) is 1. The summed E-state index contributed by atoms with van der Waals surface area (Å²) in [5.74, 6) is -0.888. The first-order chi connectivity index (χ1) is 24.4. The first kappa shape index (κ1) is 36.1. The number of fused-ring (bicyclic) bond motifs is 13. The van der Waals surface area contributed by atoms with Gasteiger partial charge in [-0.1, -0.05) is 74.0 Å². The zero-order chi connectivity index (χ0) is 36.4. The van der Waals surface area contributed by atoms with Crippen molar-refractivity contribution in [3.05, 3.63) is 122 Å². The number of ether oxygens (including phenoxy) is 3. The molecule has 7 rings (SSSR count). The molecule has 0 aliphatic carbocycles. The van der Waals surface area contributed by atoms with Gasteiger partial charge in [0.05, 0.1) is 12.2 Å². The van der Waals surface area contributed by atoms with Crippen molar-refractivity contribution in [2.24, 2.45) is 5.92 Å². The van der Waals surface area contributed by atoms with Gasteiger partial charge in [0.25, 0.3) is 0 Å².